The Bertz CT molecular complexity index is 86.9. The summed E-state index contributed by atoms with van der Waals surface area (Å²) in [6.07, 6.45) is 0. The topological polar surface area (TPSA) is 109 Å². The Balaban J connectivity index is 3.02. The van der Waals surface area contributed by atoms with Crippen LogP contribution in [0, 0.1) is 0 Å². The van der Waals surface area contributed by atoms with E-state index < -0.39 is 39.1 Å². The van der Waals surface area contributed by atoms with Gasteiger partial charge in [0.15, 0.2) is 0 Å². The molecule has 11 heteroatoms. The maximum atomic E-state index is 8.29. The van der Waals surface area contributed by atoms with Crippen LogP contribution in [-0.4, -0.2) is 58.3 Å². The van der Waals surface area contributed by atoms with Gasteiger partial charge in [0, 0.05) is 0 Å². The average Bonchev–Trinajstić information content (AvgIpc) is 1.85. The van der Waals surface area contributed by atoms with Crippen molar-refractivity contribution in [2.45, 2.75) is 0 Å². The van der Waals surface area contributed by atoms with Crippen LogP contribution in [0.25, 0.3) is 0 Å². The van der Waals surface area contributed by atoms with Gasteiger partial charge in [0.1, 0.15) is 0 Å². The maximum absolute atomic E-state index is 8.29. The predicted molar refractivity (Wildman–Crippen MR) is 43.5 cm³/mol. The molecule has 0 fully saturated rings. The van der Waals surface area contributed by atoms with Crippen molar-refractivity contribution in [2.75, 3.05) is 0 Å². The molecular formula is H10O7Si4. The molecule has 0 unspecified atom stereocenters. The fourth-order valence-corrected chi connectivity index (χ4v) is 4.07. The van der Waals surface area contributed by atoms with Crippen LogP contribution >= 0.6 is 0 Å². The lowest BCUT2D eigenvalue weighted by atomic mass is 15.6. The lowest BCUT2D eigenvalue weighted by Gasteiger charge is -2.09. The van der Waals surface area contributed by atoms with Crippen molar-refractivity contribution in [2.24, 2.45) is 0 Å². The first-order valence-electron chi connectivity index (χ1n) is 2.63. The van der Waals surface area contributed by atoms with Crippen LogP contribution in [0.4, 0.5) is 0 Å². The number of rotatable bonds is 6. The van der Waals surface area contributed by atoms with Gasteiger partial charge in [-0.2, -0.15) is 0 Å². The zero-order valence-corrected chi connectivity index (χ0v) is 10.9. The monoisotopic (exact) mass is 234 g/mol. The summed E-state index contributed by atoms with van der Waals surface area (Å²) >= 11 is 0. The smallest absolute Gasteiger partial charge is 0.425 e. The molecule has 0 aliphatic carbocycles. The van der Waals surface area contributed by atoms with Crippen LogP contribution in [0.5, 0.6) is 0 Å². The predicted octanol–water partition coefficient (Wildman–Crippen LogP) is -5.56. The highest BCUT2D eigenvalue weighted by molar-refractivity contribution is 6.56. The third kappa shape index (κ3) is 10.6. The molecule has 4 N–H and O–H groups in total. The SMILES string of the molecule is O[SiH2]O[SiH2]O[SiH2]O[Si](O)(O)O. The normalized spacial score (nSPS) is 15.3. The van der Waals surface area contributed by atoms with E-state index in [1.165, 1.54) is 0 Å². The van der Waals surface area contributed by atoms with Gasteiger partial charge >= 0.3 is 9.05 Å². The summed E-state index contributed by atoms with van der Waals surface area (Å²) in [7, 11) is -8.56. The molecule has 0 aliphatic heterocycles. The molecule has 0 rings (SSSR count). The van der Waals surface area contributed by atoms with Gasteiger partial charge in [-0.15, -0.1) is 0 Å². The summed E-state index contributed by atoms with van der Waals surface area (Å²) < 4.78 is 13.5. The van der Waals surface area contributed by atoms with Crippen LogP contribution in [0.3, 0.4) is 0 Å². The summed E-state index contributed by atoms with van der Waals surface area (Å²) in [5.74, 6) is 0. The van der Waals surface area contributed by atoms with Crippen molar-refractivity contribution in [1.29, 1.82) is 0 Å². The number of hydrogen-bond donors (Lipinski definition) is 4. The molecule has 0 saturated carbocycles. The lowest BCUT2D eigenvalue weighted by molar-refractivity contribution is 0.123. The molecule has 0 atom stereocenters. The van der Waals surface area contributed by atoms with Gasteiger partial charge in [-0.3, -0.25) is 0 Å². The van der Waals surface area contributed by atoms with E-state index in [-0.39, 0.29) is 0 Å². The molecule has 0 amide bonds. The highest BCUT2D eigenvalue weighted by Gasteiger charge is 2.29. The summed E-state index contributed by atoms with van der Waals surface area (Å²) in [4.78, 5) is 33.1. The fraction of sp³-hybridized carbons (Fsp3) is 0. The quantitative estimate of drug-likeness (QED) is 0.268. The van der Waals surface area contributed by atoms with Gasteiger partial charge in [0.05, 0.1) is 0 Å². The van der Waals surface area contributed by atoms with E-state index in [2.05, 4.69) is 8.23 Å². The molecule has 0 heterocycles. The first-order chi connectivity index (χ1) is 5.06. The van der Waals surface area contributed by atoms with Gasteiger partial charge in [0.2, 0.25) is 0 Å². The summed E-state index contributed by atoms with van der Waals surface area (Å²) in [6, 6.07) is 0. The molecular weight excluding hydrogens is 224 g/mol. The Hall–Kier alpha value is 0.588. The van der Waals surface area contributed by atoms with Crippen LogP contribution in [0.1, 0.15) is 0 Å². The van der Waals surface area contributed by atoms with Gasteiger partial charge in [0.25, 0.3) is 30.0 Å². The molecule has 0 aliphatic rings. The molecule has 0 aromatic carbocycles. The van der Waals surface area contributed by atoms with E-state index in [0.29, 0.717) is 0 Å². The van der Waals surface area contributed by atoms with Crippen LogP contribution in [-0.2, 0) is 12.3 Å². The Kier molecular flexibility index (Phi) is 6.47. The fourth-order valence-electron chi connectivity index (χ4n) is 0.251. The van der Waals surface area contributed by atoms with Gasteiger partial charge in [-0.25, -0.2) is 0 Å². The molecule has 68 valence electrons. The summed E-state index contributed by atoms with van der Waals surface area (Å²) in [5, 5.41) is 0. The molecule has 7 nitrogen and oxygen atoms in total. The van der Waals surface area contributed by atoms with Gasteiger partial charge in [-0.05, 0) is 0 Å². The van der Waals surface area contributed by atoms with E-state index in [1.54, 1.807) is 0 Å². The van der Waals surface area contributed by atoms with Crippen molar-refractivity contribution < 1.29 is 31.5 Å². The molecule has 0 aromatic heterocycles. The van der Waals surface area contributed by atoms with Crippen molar-refractivity contribution in [3.63, 3.8) is 0 Å². The summed E-state index contributed by atoms with van der Waals surface area (Å²) in [5.41, 5.74) is 0. The van der Waals surface area contributed by atoms with Crippen LogP contribution < -0.4 is 0 Å². The summed E-state index contributed by atoms with van der Waals surface area (Å²) in [6.45, 7) is 0. The van der Waals surface area contributed by atoms with Crippen LogP contribution in [0.2, 0.25) is 0 Å². The van der Waals surface area contributed by atoms with E-state index in [4.69, 9.17) is 23.3 Å². The zero-order chi connectivity index (χ0) is 8.74. The third-order valence-corrected chi connectivity index (χ3v) is 5.34. The standard InChI is InChI=1S/H10O7Si4/c1-8-5-9-6-10-7-11(2,3)4/h1-4H,8-10H2. The Morgan fingerprint density at radius 2 is 1.64 bits per heavy atom. The minimum atomic E-state index is -4.37. The van der Waals surface area contributed by atoms with E-state index in [0.717, 1.165) is 0 Å². The first kappa shape index (κ1) is 11.6. The highest BCUT2D eigenvalue weighted by Crippen LogP contribution is 1.85. The largest absolute Gasteiger partial charge is 0.661 e. The van der Waals surface area contributed by atoms with E-state index in [1.807, 2.05) is 0 Å². The van der Waals surface area contributed by atoms with Crippen molar-refractivity contribution in [3.05, 3.63) is 0 Å². The average molecular weight is 234 g/mol. The first-order valence-corrected chi connectivity index (χ1v) is 7.90. The van der Waals surface area contributed by atoms with Gasteiger partial charge < -0.3 is 31.5 Å². The molecule has 0 aromatic rings. The Morgan fingerprint density at radius 1 is 1.00 bits per heavy atom. The Labute approximate surface area is 71.2 Å². The molecule has 11 heavy (non-hydrogen) atoms. The lowest BCUT2D eigenvalue weighted by Crippen LogP contribution is -2.41. The zero-order valence-electron chi connectivity index (χ0n) is 5.63. The van der Waals surface area contributed by atoms with Crippen molar-refractivity contribution in [1.82, 2.24) is 0 Å². The van der Waals surface area contributed by atoms with Crippen LogP contribution in [0.15, 0.2) is 0 Å². The second kappa shape index (κ2) is 6.14. The van der Waals surface area contributed by atoms with E-state index >= 15 is 0 Å². The maximum Gasteiger partial charge on any atom is 0.661 e. The minimum absolute atomic E-state index is 1.22. The molecule has 0 spiro atoms. The molecule has 0 bridgehead atoms. The van der Waals surface area contributed by atoms with E-state index in [9.17, 15) is 0 Å². The second-order valence-corrected chi connectivity index (χ2v) is 7.79. The Morgan fingerprint density at radius 3 is 2.09 bits per heavy atom. The molecule has 0 saturated heterocycles. The highest BCUT2D eigenvalue weighted by atomic mass is 28.4. The third-order valence-electron chi connectivity index (χ3n) is 0.594. The minimum Gasteiger partial charge on any atom is -0.425 e. The van der Waals surface area contributed by atoms with Gasteiger partial charge in [-0.1, -0.05) is 0 Å². The molecule has 0 radical (unpaired) electrons. The van der Waals surface area contributed by atoms with Crippen molar-refractivity contribution >= 4 is 39.1 Å². The second-order valence-electron chi connectivity index (χ2n) is 1.49. The number of hydrogen-bond acceptors (Lipinski definition) is 7. The van der Waals surface area contributed by atoms with Crippen molar-refractivity contribution in [3.8, 4) is 0 Å².